The van der Waals surface area contributed by atoms with Gasteiger partial charge in [0.15, 0.2) is 5.79 Å². The van der Waals surface area contributed by atoms with Crippen LogP contribution in [0.15, 0.2) is 30.5 Å². The van der Waals surface area contributed by atoms with Gasteiger partial charge in [-0.25, -0.2) is 4.98 Å². The van der Waals surface area contributed by atoms with Gasteiger partial charge in [0.1, 0.15) is 5.82 Å². The molecule has 6 heteroatoms. The third-order valence-electron chi connectivity index (χ3n) is 5.47. The largest absolute Gasteiger partial charge is 0.356 e. The van der Waals surface area contributed by atoms with Crippen molar-refractivity contribution in [3.05, 3.63) is 41.6 Å². The Morgan fingerprint density at radius 2 is 1.85 bits per heavy atom. The minimum Gasteiger partial charge on any atom is -0.356 e. The molecule has 0 aliphatic carbocycles. The van der Waals surface area contributed by atoms with Crippen molar-refractivity contribution in [1.82, 2.24) is 9.97 Å². The fourth-order valence-corrected chi connectivity index (χ4v) is 3.90. The van der Waals surface area contributed by atoms with Crippen molar-refractivity contribution in [2.24, 2.45) is 0 Å². The minimum absolute atomic E-state index is 0.363. The number of piperidine rings is 1. The zero-order chi connectivity index (χ0) is 18.9. The van der Waals surface area contributed by atoms with E-state index in [1.807, 2.05) is 12.3 Å². The molecular formula is C21H28N4O2. The summed E-state index contributed by atoms with van der Waals surface area (Å²) in [4.78, 5) is 11.5. The van der Waals surface area contributed by atoms with E-state index in [0.29, 0.717) is 25.1 Å². The van der Waals surface area contributed by atoms with Crippen molar-refractivity contribution in [3.8, 4) is 0 Å². The Morgan fingerprint density at radius 3 is 2.56 bits per heavy atom. The summed E-state index contributed by atoms with van der Waals surface area (Å²) in [6.07, 6.45) is 3.56. The number of benzene rings is 1. The highest BCUT2D eigenvalue weighted by Gasteiger charge is 2.40. The predicted octanol–water partition coefficient (Wildman–Crippen LogP) is 4.00. The van der Waals surface area contributed by atoms with Crippen LogP contribution < -0.4 is 10.2 Å². The molecule has 6 nitrogen and oxygen atoms in total. The molecule has 0 bridgehead atoms. The molecule has 1 spiro atoms. The van der Waals surface area contributed by atoms with Crippen LogP contribution in [0.25, 0.3) is 0 Å². The maximum Gasteiger partial charge on any atom is 0.229 e. The number of rotatable bonds is 4. The highest BCUT2D eigenvalue weighted by molar-refractivity contribution is 5.64. The van der Waals surface area contributed by atoms with Gasteiger partial charge in [-0.2, -0.15) is 4.98 Å². The van der Waals surface area contributed by atoms with Crippen LogP contribution in [0.5, 0.6) is 0 Å². The smallest absolute Gasteiger partial charge is 0.229 e. The lowest BCUT2D eigenvalue weighted by Crippen LogP contribution is -2.45. The zero-order valence-electron chi connectivity index (χ0n) is 16.4. The topological polar surface area (TPSA) is 59.5 Å². The number of aromatic nitrogens is 2. The Labute approximate surface area is 160 Å². The zero-order valence-corrected chi connectivity index (χ0v) is 16.4. The van der Waals surface area contributed by atoms with Crippen molar-refractivity contribution in [2.75, 3.05) is 36.5 Å². The molecule has 2 aromatic rings. The first-order valence-corrected chi connectivity index (χ1v) is 9.79. The van der Waals surface area contributed by atoms with Crippen molar-refractivity contribution >= 4 is 17.5 Å². The number of nitrogens with one attached hydrogen (secondary N) is 1. The van der Waals surface area contributed by atoms with E-state index in [1.165, 1.54) is 11.1 Å². The van der Waals surface area contributed by atoms with Gasteiger partial charge < -0.3 is 19.7 Å². The van der Waals surface area contributed by atoms with E-state index in [-0.39, 0.29) is 5.79 Å². The van der Waals surface area contributed by atoms with E-state index in [4.69, 9.17) is 14.5 Å². The van der Waals surface area contributed by atoms with Crippen LogP contribution in [-0.4, -0.2) is 42.1 Å². The van der Waals surface area contributed by atoms with Gasteiger partial charge in [0.2, 0.25) is 5.95 Å². The van der Waals surface area contributed by atoms with Gasteiger partial charge in [0.25, 0.3) is 0 Å². The molecule has 0 radical (unpaired) electrons. The average molecular weight is 368 g/mol. The van der Waals surface area contributed by atoms with Crippen molar-refractivity contribution in [1.29, 1.82) is 0 Å². The van der Waals surface area contributed by atoms with Crippen molar-refractivity contribution < 1.29 is 9.47 Å². The lowest BCUT2D eigenvalue weighted by Gasteiger charge is -2.38. The van der Waals surface area contributed by atoms with E-state index in [0.717, 1.165) is 37.4 Å². The number of ether oxygens (including phenoxy) is 2. The predicted molar refractivity (Wildman–Crippen MR) is 107 cm³/mol. The first-order valence-electron chi connectivity index (χ1n) is 9.79. The molecule has 0 amide bonds. The number of anilines is 3. The van der Waals surface area contributed by atoms with Crippen LogP contribution in [0.2, 0.25) is 0 Å². The Morgan fingerprint density at radius 1 is 1.11 bits per heavy atom. The Bertz CT molecular complexity index is 793. The molecule has 3 heterocycles. The number of para-hydroxylation sites is 1. The fourth-order valence-electron chi connectivity index (χ4n) is 3.90. The molecular weight excluding hydrogens is 340 g/mol. The van der Waals surface area contributed by atoms with Crippen LogP contribution in [-0.2, 0) is 9.47 Å². The van der Waals surface area contributed by atoms with Gasteiger partial charge in [0, 0.05) is 37.8 Å². The third kappa shape index (κ3) is 3.77. The minimum atomic E-state index is -0.363. The SMILES string of the molecule is Cc1cccc(C(C)C)c1Nc1nccc(N2CCC3(CC2)OCCO3)n1. The maximum atomic E-state index is 5.82. The molecule has 0 saturated carbocycles. The second-order valence-electron chi connectivity index (χ2n) is 7.65. The van der Waals surface area contributed by atoms with Crippen LogP contribution in [0, 0.1) is 6.92 Å². The number of hydrogen-bond acceptors (Lipinski definition) is 6. The van der Waals surface area contributed by atoms with Crippen molar-refractivity contribution in [2.45, 2.75) is 45.3 Å². The molecule has 144 valence electrons. The molecule has 2 aliphatic heterocycles. The second kappa shape index (κ2) is 7.44. The number of hydrogen-bond donors (Lipinski definition) is 1. The molecule has 2 fully saturated rings. The molecule has 2 saturated heterocycles. The third-order valence-corrected chi connectivity index (χ3v) is 5.47. The molecule has 1 aromatic heterocycles. The molecule has 0 atom stereocenters. The Kier molecular flexibility index (Phi) is 5.02. The van der Waals surface area contributed by atoms with Gasteiger partial charge in [-0.3, -0.25) is 0 Å². The Hall–Kier alpha value is -2.18. The summed E-state index contributed by atoms with van der Waals surface area (Å²) in [6, 6.07) is 8.35. The van der Waals surface area contributed by atoms with Gasteiger partial charge in [0.05, 0.1) is 13.2 Å². The molecule has 27 heavy (non-hydrogen) atoms. The summed E-state index contributed by atoms with van der Waals surface area (Å²) >= 11 is 0. The van der Waals surface area contributed by atoms with Crippen LogP contribution in [0.4, 0.5) is 17.5 Å². The second-order valence-corrected chi connectivity index (χ2v) is 7.65. The summed E-state index contributed by atoms with van der Waals surface area (Å²) in [5, 5.41) is 3.45. The van der Waals surface area contributed by atoms with E-state index in [2.05, 4.69) is 54.2 Å². The average Bonchev–Trinajstić information content (AvgIpc) is 3.12. The molecule has 0 unspecified atom stereocenters. The summed E-state index contributed by atoms with van der Waals surface area (Å²) in [5.74, 6) is 1.65. The first-order chi connectivity index (χ1) is 13.1. The van der Waals surface area contributed by atoms with E-state index in [9.17, 15) is 0 Å². The number of aryl methyl sites for hydroxylation is 1. The highest BCUT2D eigenvalue weighted by atomic mass is 16.7. The summed E-state index contributed by atoms with van der Waals surface area (Å²) < 4.78 is 11.6. The lowest BCUT2D eigenvalue weighted by atomic mass is 9.98. The van der Waals surface area contributed by atoms with Gasteiger partial charge >= 0.3 is 0 Å². The summed E-state index contributed by atoms with van der Waals surface area (Å²) in [5.41, 5.74) is 3.58. The first kappa shape index (κ1) is 18.2. The molecule has 1 N–H and O–H groups in total. The normalized spacial score (nSPS) is 19.0. The molecule has 1 aromatic carbocycles. The summed E-state index contributed by atoms with van der Waals surface area (Å²) in [7, 11) is 0. The van der Waals surface area contributed by atoms with Gasteiger partial charge in [-0.1, -0.05) is 32.0 Å². The molecule has 2 aliphatic rings. The van der Waals surface area contributed by atoms with E-state index in [1.54, 1.807) is 0 Å². The number of nitrogens with zero attached hydrogens (tertiary/aromatic N) is 3. The van der Waals surface area contributed by atoms with Crippen molar-refractivity contribution in [3.63, 3.8) is 0 Å². The highest BCUT2D eigenvalue weighted by Crippen LogP contribution is 2.33. The van der Waals surface area contributed by atoms with Gasteiger partial charge in [-0.15, -0.1) is 0 Å². The maximum absolute atomic E-state index is 5.82. The molecule has 4 rings (SSSR count). The Balaban J connectivity index is 1.51. The van der Waals surface area contributed by atoms with E-state index >= 15 is 0 Å². The van der Waals surface area contributed by atoms with E-state index < -0.39 is 0 Å². The quantitative estimate of drug-likeness (QED) is 0.880. The lowest BCUT2D eigenvalue weighted by molar-refractivity contribution is -0.169. The fraction of sp³-hybridized carbons (Fsp3) is 0.524. The van der Waals surface area contributed by atoms with Gasteiger partial charge in [-0.05, 0) is 30.0 Å². The van der Waals surface area contributed by atoms with Crippen LogP contribution in [0.3, 0.4) is 0 Å². The summed E-state index contributed by atoms with van der Waals surface area (Å²) in [6.45, 7) is 9.67. The standard InChI is InChI=1S/C21H28N4O2/c1-15(2)17-6-4-5-16(3)19(17)24-20-22-10-7-18(23-20)25-11-8-21(9-12-25)26-13-14-27-21/h4-7,10,15H,8-9,11-14H2,1-3H3,(H,22,23,24). The monoisotopic (exact) mass is 368 g/mol. The van der Waals surface area contributed by atoms with Crippen LogP contribution in [0.1, 0.15) is 43.7 Å². The van der Waals surface area contributed by atoms with Crippen LogP contribution >= 0.6 is 0 Å².